The van der Waals surface area contributed by atoms with Gasteiger partial charge in [0.1, 0.15) is 11.9 Å². The predicted octanol–water partition coefficient (Wildman–Crippen LogP) is 5.17. The van der Waals surface area contributed by atoms with Gasteiger partial charge in [0.05, 0.1) is 18.2 Å². The van der Waals surface area contributed by atoms with Crippen molar-refractivity contribution in [3.05, 3.63) is 106 Å². The Kier molecular flexibility index (Phi) is 8.42. The second-order valence-corrected chi connectivity index (χ2v) is 9.53. The molecule has 0 aliphatic carbocycles. The fraction of sp³-hybridized carbons (Fsp3) is 0.226. The number of nitrogens with one attached hydrogen (secondary N) is 3. The van der Waals surface area contributed by atoms with Crippen molar-refractivity contribution in [2.75, 3.05) is 5.32 Å². The van der Waals surface area contributed by atoms with Crippen molar-refractivity contribution >= 4 is 17.7 Å². The summed E-state index contributed by atoms with van der Waals surface area (Å²) in [7, 11) is 0. The van der Waals surface area contributed by atoms with Crippen LogP contribution in [0.4, 0.5) is 5.82 Å². The van der Waals surface area contributed by atoms with Gasteiger partial charge in [-0.1, -0.05) is 31.2 Å². The maximum Gasteiger partial charge on any atom is 0.326 e. The van der Waals surface area contributed by atoms with Crippen LogP contribution < -0.4 is 10.6 Å². The summed E-state index contributed by atoms with van der Waals surface area (Å²) in [5.74, 6) is -0.747. The number of hydrogen-bond donors (Lipinski definition) is 4. The molecule has 4 rings (SSSR count). The van der Waals surface area contributed by atoms with E-state index in [4.69, 9.17) is 0 Å². The van der Waals surface area contributed by atoms with Crippen LogP contribution in [-0.2, 0) is 24.2 Å². The zero-order chi connectivity index (χ0) is 27.9. The SMILES string of the molecule is CCc1cc(C#N)cc(C)c1C(=O)NC(Cc1ccc(-c2ccc(CNc3cc(C)ccn3)[nH]2)cc1)C(=O)O. The number of anilines is 1. The number of benzene rings is 2. The molecule has 0 spiro atoms. The van der Waals surface area contributed by atoms with Crippen LogP contribution in [0.1, 0.15) is 50.8 Å². The monoisotopic (exact) mass is 521 g/mol. The first kappa shape index (κ1) is 27.1. The molecule has 39 heavy (non-hydrogen) atoms. The Bertz CT molecular complexity index is 1530. The molecule has 0 saturated carbocycles. The molecule has 8 heteroatoms. The quantitative estimate of drug-likeness (QED) is 0.228. The maximum absolute atomic E-state index is 13.1. The summed E-state index contributed by atoms with van der Waals surface area (Å²) in [6.45, 7) is 6.28. The van der Waals surface area contributed by atoms with E-state index in [1.54, 1.807) is 25.3 Å². The third kappa shape index (κ3) is 6.70. The van der Waals surface area contributed by atoms with Crippen LogP contribution >= 0.6 is 0 Å². The van der Waals surface area contributed by atoms with Crippen molar-refractivity contribution in [2.24, 2.45) is 0 Å². The lowest BCUT2D eigenvalue weighted by atomic mass is 9.95. The minimum absolute atomic E-state index is 0.140. The fourth-order valence-electron chi connectivity index (χ4n) is 4.55. The average Bonchev–Trinajstić information content (AvgIpc) is 3.40. The molecule has 1 atom stereocenters. The van der Waals surface area contributed by atoms with E-state index in [2.05, 4.69) is 26.7 Å². The van der Waals surface area contributed by atoms with E-state index >= 15 is 0 Å². The highest BCUT2D eigenvalue weighted by Crippen LogP contribution is 2.21. The Morgan fingerprint density at radius 1 is 1.08 bits per heavy atom. The maximum atomic E-state index is 13.1. The first-order valence-corrected chi connectivity index (χ1v) is 12.8. The summed E-state index contributed by atoms with van der Waals surface area (Å²) in [6, 6.07) is 19.9. The predicted molar refractivity (Wildman–Crippen MR) is 150 cm³/mol. The molecule has 4 aromatic rings. The number of H-pyrrole nitrogens is 1. The smallest absolute Gasteiger partial charge is 0.326 e. The molecular weight excluding hydrogens is 490 g/mol. The number of pyridine rings is 1. The van der Waals surface area contributed by atoms with E-state index in [0.29, 0.717) is 35.2 Å². The highest BCUT2D eigenvalue weighted by atomic mass is 16.4. The standard InChI is InChI=1S/C31H31N5O3/c1-4-23-15-22(17-32)14-20(3)29(23)30(37)36-27(31(38)39)16-21-5-7-24(8-6-21)26-10-9-25(35-26)18-34-28-13-19(2)11-12-33-28/h5-15,27,35H,4,16,18H2,1-3H3,(H,33,34)(H,36,37)(H,38,39). The van der Waals surface area contributed by atoms with E-state index < -0.39 is 17.9 Å². The van der Waals surface area contributed by atoms with E-state index in [-0.39, 0.29) is 6.42 Å². The lowest BCUT2D eigenvalue weighted by molar-refractivity contribution is -0.139. The zero-order valence-corrected chi connectivity index (χ0v) is 22.2. The molecule has 2 aromatic heterocycles. The number of carboxylic acids is 1. The largest absolute Gasteiger partial charge is 0.480 e. The molecule has 0 bridgehead atoms. The minimum atomic E-state index is -1.11. The van der Waals surface area contributed by atoms with Crippen molar-refractivity contribution in [3.63, 3.8) is 0 Å². The molecular formula is C31H31N5O3. The van der Waals surface area contributed by atoms with Gasteiger partial charge in [-0.25, -0.2) is 9.78 Å². The van der Waals surface area contributed by atoms with Gasteiger partial charge in [0.25, 0.3) is 5.91 Å². The van der Waals surface area contributed by atoms with E-state index in [0.717, 1.165) is 33.9 Å². The number of aryl methyl sites for hydroxylation is 3. The van der Waals surface area contributed by atoms with Gasteiger partial charge in [0, 0.05) is 29.6 Å². The van der Waals surface area contributed by atoms with Gasteiger partial charge in [0.15, 0.2) is 0 Å². The first-order chi connectivity index (χ1) is 18.8. The number of carbonyl (C=O) groups is 2. The third-order valence-corrected chi connectivity index (χ3v) is 6.58. The molecule has 0 aliphatic rings. The minimum Gasteiger partial charge on any atom is -0.480 e. The number of hydrogen-bond acceptors (Lipinski definition) is 5. The average molecular weight is 522 g/mol. The molecule has 1 unspecified atom stereocenters. The number of carboxylic acid groups (broad SMARTS) is 1. The summed E-state index contributed by atoms with van der Waals surface area (Å²) < 4.78 is 0. The molecule has 1 amide bonds. The third-order valence-electron chi connectivity index (χ3n) is 6.58. The first-order valence-electron chi connectivity index (χ1n) is 12.8. The molecule has 0 radical (unpaired) electrons. The van der Waals surface area contributed by atoms with Gasteiger partial charge >= 0.3 is 5.97 Å². The topological polar surface area (TPSA) is 131 Å². The second-order valence-electron chi connectivity index (χ2n) is 9.53. The van der Waals surface area contributed by atoms with Crippen LogP contribution in [0.3, 0.4) is 0 Å². The van der Waals surface area contributed by atoms with E-state index in [1.165, 1.54) is 0 Å². The Morgan fingerprint density at radius 3 is 2.51 bits per heavy atom. The van der Waals surface area contributed by atoms with Crippen molar-refractivity contribution in [3.8, 4) is 17.3 Å². The number of carbonyl (C=O) groups excluding carboxylic acids is 1. The molecule has 2 heterocycles. The van der Waals surface area contributed by atoms with Gasteiger partial charge < -0.3 is 20.7 Å². The van der Waals surface area contributed by atoms with Crippen LogP contribution in [-0.4, -0.2) is 33.0 Å². The van der Waals surface area contributed by atoms with Crippen LogP contribution in [0, 0.1) is 25.2 Å². The van der Waals surface area contributed by atoms with Crippen LogP contribution in [0.15, 0.2) is 66.9 Å². The Labute approximate surface area is 227 Å². The Morgan fingerprint density at radius 2 is 1.85 bits per heavy atom. The second kappa shape index (κ2) is 12.1. The summed E-state index contributed by atoms with van der Waals surface area (Å²) >= 11 is 0. The van der Waals surface area contributed by atoms with E-state index in [1.807, 2.05) is 62.4 Å². The lowest BCUT2D eigenvalue weighted by Crippen LogP contribution is -2.42. The van der Waals surface area contributed by atoms with Gasteiger partial charge in [-0.2, -0.15) is 5.26 Å². The fourth-order valence-corrected chi connectivity index (χ4v) is 4.55. The number of aliphatic carboxylic acids is 1. The number of amides is 1. The van der Waals surface area contributed by atoms with Gasteiger partial charge in [0.2, 0.25) is 0 Å². The normalized spacial score (nSPS) is 11.4. The number of rotatable bonds is 10. The molecule has 198 valence electrons. The number of nitrogens with zero attached hydrogens (tertiary/aromatic N) is 2. The summed E-state index contributed by atoms with van der Waals surface area (Å²) in [5.41, 5.74) is 7.11. The van der Waals surface area contributed by atoms with Crippen molar-refractivity contribution in [2.45, 2.75) is 46.2 Å². The number of nitriles is 1. The van der Waals surface area contributed by atoms with Gasteiger partial charge in [-0.15, -0.1) is 0 Å². The van der Waals surface area contributed by atoms with Crippen molar-refractivity contribution < 1.29 is 14.7 Å². The zero-order valence-electron chi connectivity index (χ0n) is 22.2. The van der Waals surface area contributed by atoms with Crippen molar-refractivity contribution in [1.29, 1.82) is 5.26 Å². The van der Waals surface area contributed by atoms with Crippen LogP contribution in [0.2, 0.25) is 0 Å². The molecule has 2 aromatic carbocycles. The van der Waals surface area contributed by atoms with Crippen LogP contribution in [0.5, 0.6) is 0 Å². The molecule has 4 N–H and O–H groups in total. The van der Waals surface area contributed by atoms with Gasteiger partial charge in [-0.05, 0) is 84.5 Å². The van der Waals surface area contributed by atoms with E-state index in [9.17, 15) is 20.0 Å². The highest BCUT2D eigenvalue weighted by Gasteiger charge is 2.24. The summed E-state index contributed by atoms with van der Waals surface area (Å²) in [5, 5.41) is 25.0. The number of aromatic amines is 1. The van der Waals surface area contributed by atoms with Gasteiger partial charge in [-0.3, -0.25) is 4.79 Å². The number of aromatic nitrogens is 2. The molecule has 0 fully saturated rings. The molecule has 0 saturated heterocycles. The Hall–Kier alpha value is -4.90. The van der Waals surface area contributed by atoms with Crippen molar-refractivity contribution in [1.82, 2.24) is 15.3 Å². The lowest BCUT2D eigenvalue weighted by Gasteiger charge is -2.18. The molecule has 0 aliphatic heterocycles. The van der Waals surface area contributed by atoms with Crippen LogP contribution in [0.25, 0.3) is 11.3 Å². The molecule has 8 nitrogen and oxygen atoms in total. The summed E-state index contributed by atoms with van der Waals surface area (Å²) in [6.07, 6.45) is 2.47. The Balaban J connectivity index is 1.42. The summed E-state index contributed by atoms with van der Waals surface area (Å²) in [4.78, 5) is 32.8. The highest BCUT2D eigenvalue weighted by molar-refractivity contribution is 5.99.